The van der Waals surface area contributed by atoms with Crippen molar-refractivity contribution in [1.29, 1.82) is 0 Å². The molecule has 0 radical (unpaired) electrons. The first-order valence-corrected chi connectivity index (χ1v) is 6.10. The summed E-state index contributed by atoms with van der Waals surface area (Å²) in [4.78, 5) is 22.1. The molecule has 0 unspecified atom stereocenters. The molecule has 2 aromatic carbocycles. The van der Waals surface area contributed by atoms with Crippen molar-refractivity contribution in [3.63, 3.8) is 0 Å². The predicted molar refractivity (Wildman–Crippen MR) is 74.4 cm³/mol. The van der Waals surface area contributed by atoms with E-state index in [9.17, 15) is 14.9 Å². The minimum absolute atomic E-state index is 0.0173. The predicted octanol–water partition coefficient (Wildman–Crippen LogP) is 3.51. The second-order valence-electron chi connectivity index (χ2n) is 3.95. The van der Waals surface area contributed by atoms with Crippen molar-refractivity contribution in [1.82, 2.24) is 0 Å². The van der Waals surface area contributed by atoms with Crippen LogP contribution >= 0.6 is 11.6 Å². The number of halogens is 1. The van der Waals surface area contributed by atoms with Crippen LogP contribution in [0, 0.1) is 10.1 Å². The van der Waals surface area contributed by atoms with Crippen molar-refractivity contribution in [2.24, 2.45) is 0 Å². The Hall–Kier alpha value is -2.40. The standard InChI is InChI=1S/C14H10ClNO4/c15-11-6-7-14(12(8-11)16(18)19)20-9-13(17)10-4-2-1-3-5-10/h1-8H,9H2. The fourth-order valence-corrected chi connectivity index (χ4v) is 1.77. The topological polar surface area (TPSA) is 69.4 Å². The summed E-state index contributed by atoms with van der Waals surface area (Å²) in [6.07, 6.45) is 0. The van der Waals surface area contributed by atoms with E-state index in [1.165, 1.54) is 18.2 Å². The second kappa shape index (κ2) is 6.16. The summed E-state index contributed by atoms with van der Waals surface area (Å²) in [5.74, 6) is -0.237. The van der Waals surface area contributed by atoms with Crippen molar-refractivity contribution in [2.45, 2.75) is 0 Å². The van der Waals surface area contributed by atoms with Gasteiger partial charge in [0.15, 0.2) is 18.1 Å². The number of Topliss-reactive ketones (excluding diaryl/α,β-unsaturated/α-hetero) is 1. The van der Waals surface area contributed by atoms with Gasteiger partial charge >= 0.3 is 5.69 Å². The monoisotopic (exact) mass is 291 g/mol. The van der Waals surface area contributed by atoms with Gasteiger partial charge < -0.3 is 4.74 Å². The maximum Gasteiger partial charge on any atom is 0.312 e. The summed E-state index contributed by atoms with van der Waals surface area (Å²) in [7, 11) is 0. The fourth-order valence-electron chi connectivity index (χ4n) is 1.61. The lowest BCUT2D eigenvalue weighted by Crippen LogP contribution is -2.12. The number of hydrogen-bond donors (Lipinski definition) is 0. The Labute approximate surface area is 119 Å². The molecule has 0 aliphatic rings. The molecule has 0 bridgehead atoms. The molecule has 2 aromatic rings. The Bertz CT molecular complexity index is 643. The van der Waals surface area contributed by atoms with Crippen molar-refractivity contribution in [3.8, 4) is 5.75 Å². The average molecular weight is 292 g/mol. The summed E-state index contributed by atoms with van der Waals surface area (Å²) < 4.78 is 5.22. The highest BCUT2D eigenvalue weighted by atomic mass is 35.5. The van der Waals surface area contributed by atoms with E-state index in [0.717, 1.165) is 0 Å². The number of carbonyl (C=O) groups is 1. The molecule has 5 nitrogen and oxygen atoms in total. The molecule has 6 heteroatoms. The van der Waals surface area contributed by atoms with Gasteiger partial charge in [-0.3, -0.25) is 14.9 Å². The smallest absolute Gasteiger partial charge is 0.312 e. The quantitative estimate of drug-likeness (QED) is 0.480. The Kier molecular flexibility index (Phi) is 4.32. The number of nitro benzene ring substituents is 1. The lowest BCUT2D eigenvalue weighted by Gasteiger charge is -2.06. The summed E-state index contributed by atoms with van der Waals surface area (Å²) in [6, 6.07) is 12.6. The minimum Gasteiger partial charge on any atom is -0.478 e. The van der Waals surface area contributed by atoms with E-state index in [4.69, 9.17) is 16.3 Å². The van der Waals surface area contributed by atoms with Crippen LogP contribution in [0.1, 0.15) is 10.4 Å². The van der Waals surface area contributed by atoms with Gasteiger partial charge in [0.25, 0.3) is 0 Å². The normalized spacial score (nSPS) is 10.1. The lowest BCUT2D eigenvalue weighted by molar-refractivity contribution is -0.385. The number of rotatable bonds is 5. The second-order valence-corrected chi connectivity index (χ2v) is 4.38. The first-order valence-electron chi connectivity index (χ1n) is 5.73. The summed E-state index contributed by atoms with van der Waals surface area (Å²) in [5.41, 5.74) is 0.225. The lowest BCUT2D eigenvalue weighted by atomic mass is 10.1. The molecule has 2 rings (SSSR count). The molecule has 0 amide bonds. The molecule has 0 saturated carbocycles. The number of ether oxygens (including phenoxy) is 1. The molecule has 0 spiro atoms. The van der Waals surface area contributed by atoms with Crippen molar-refractivity contribution < 1.29 is 14.5 Å². The molecule has 0 aromatic heterocycles. The third kappa shape index (κ3) is 3.33. The van der Waals surface area contributed by atoms with E-state index in [-0.39, 0.29) is 28.8 Å². The maximum absolute atomic E-state index is 11.8. The van der Waals surface area contributed by atoms with Crippen LogP contribution in [-0.4, -0.2) is 17.3 Å². The van der Waals surface area contributed by atoms with Crippen LogP contribution in [0.4, 0.5) is 5.69 Å². The maximum atomic E-state index is 11.8. The fraction of sp³-hybridized carbons (Fsp3) is 0.0714. The van der Waals surface area contributed by atoms with Crippen LogP contribution in [0.5, 0.6) is 5.75 Å². The van der Waals surface area contributed by atoms with Crippen LogP contribution in [0.3, 0.4) is 0 Å². The van der Waals surface area contributed by atoms with Gasteiger partial charge in [-0.05, 0) is 12.1 Å². The SMILES string of the molecule is O=C(COc1ccc(Cl)cc1[N+](=O)[O-])c1ccccc1. The van der Waals surface area contributed by atoms with Crippen molar-refractivity contribution in [3.05, 3.63) is 69.2 Å². The van der Waals surface area contributed by atoms with Crippen LogP contribution in [0.25, 0.3) is 0 Å². The Morgan fingerprint density at radius 3 is 2.55 bits per heavy atom. The van der Waals surface area contributed by atoms with Crippen molar-refractivity contribution in [2.75, 3.05) is 6.61 Å². The first-order chi connectivity index (χ1) is 9.58. The summed E-state index contributed by atoms with van der Waals surface area (Å²) >= 11 is 5.69. The number of hydrogen-bond acceptors (Lipinski definition) is 4. The van der Waals surface area contributed by atoms with E-state index in [0.29, 0.717) is 5.56 Å². The van der Waals surface area contributed by atoms with Gasteiger partial charge in [0, 0.05) is 16.7 Å². The zero-order valence-corrected chi connectivity index (χ0v) is 11.0. The molecule has 0 aliphatic heterocycles. The van der Waals surface area contributed by atoms with Crippen LogP contribution in [-0.2, 0) is 0 Å². The van der Waals surface area contributed by atoms with Gasteiger partial charge in [-0.25, -0.2) is 0 Å². The highest BCUT2D eigenvalue weighted by Crippen LogP contribution is 2.29. The Morgan fingerprint density at radius 1 is 1.20 bits per heavy atom. The molecule has 102 valence electrons. The molecule has 0 N–H and O–H groups in total. The molecule has 20 heavy (non-hydrogen) atoms. The van der Waals surface area contributed by atoms with E-state index >= 15 is 0 Å². The Morgan fingerprint density at radius 2 is 1.90 bits per heavy atom. The van der Waals surface area contributed by atoms with Crippen LogP contribution in [0.15, 0.2) is 48.5 Å². The van der Waals surface area contributed by atoms with E-state index in [1.54, 1.807) is 30.3 Å². The molecule has 0 fully saturated rings. The largest absolute Gasteiger partial charge is 0.478 e. The summed E-state index contributed by atoms with van der Waals surface area (Å²) in [5, 5.41) is 11.1. The van der Waals surface area contributed by atoms with E-state index in [2.05, 4.69) is 0 Å². The highest BCUT2D eigenvalue weighted by molar-refractivity contribution is 6.30. The van der Waals surface area contributed by atoms with Gasteiger partial charge in [0.2, 0.25) is 0 Å². The molecule has 0 saturated heterocycles. The third-order valence-electron chi connectivity index (χ3n) is 2.57. The zero-order chi connectivity index (χ0) is 14.5. The number of carbonyl (C=O) groups excluding carboxylic acids is 1. The van der Waals surface area contributed by atoms with Gasteiger partial charge in [-0.15, -0.1) is 0 Å². The van der Waals surface area contributed by atoms with Gasteiger partial charge in [0.05, 0.1) is 4.92 Å². The molecular weight excluding hydrogens is 282 g/mol. The third-order valence-corrected chi connectivity index (χ3v) is 2.81. The number of ketones is 1. The average Bonchev–Trinajstić information content (AvgIpc) is 2.46. The molecule has 0 atom stereocenters. The van der Waals surface area contributed by atoms with E-state index < -0.39 is 4.92 Å². The highest BCUT2D eigenvalue weighted by Gasteiger charge is 2.17. The minimum atomic E-state index is -0.603. The Balaban J connectivity index is 2.12. The number of nitro groups is 1. The molecule has 0 heterocycles. The van der Waals surface area contributed by atoms with Crippen LogP contribution < -0.4 is 4.74 Å². The zero-order valence-electron chi connectivity index (χ0n) is 10.3. The van der Waals surface area contributed by atoms with Gasteiger partial charge in [-0.1, -0.05) is 41.9 Å². The summed E-state index contributed by atoms with van der Waals surface area (Å²) in [6.45, 7) is -0.271. The van der Waals surface area contributed by atoms with Crippen LogP contribution in [0.2, 0.25) is 5.02 Å². The first kappa shape index (κ1) is 14.0. The molecular formula is C14H10ClNO4. The number of benzene rings is 2. The van der Waals surface area contributed by atoms with Crippen molar-refractivity contribution >= 4 is 23.1 Å². The molecule has 0 aliphatic carbocycles. The van der Waals surface area contributed by atoms with Gasteiger partial charge in [0.1, 0.15) is 0 Å². The van der Waals surface area contributed by atoms with Gasteiger partial charge in [-0.2, -0.15) is 0 Å². The van der Waals surface area contributed by atoms with E-state index in [1.807, 2.05) is 0 Å². The number of nitrogens with zero attached hydrogens (tertiary/aromatic N) is 1.